The number of ether oxygens (including phenoxy) is 2. The van der Waals surface area contributed by atoms with Crippen LogP contribution in [0.1, 0.15) is 64.2 Å². The van der Waals surface area contributed by atoms with Crippen molar-refractivity contribution in [3.63, 3.8) is 0 Å². The van der Waals surface area contributed by atoms with E-state index < -0.39 is 17.6 Å². The highest BCUT2D eigenvalue weighted by atomic mass is 79.9. The molecule has 310 valence electrons. The van der Waals surface area contributed by atoms with Crippen molar-refractivity contribution in [1.82, 2.24) is 4.57 Å². The Balaban J connectivity index is 0.000000247. The lowest BCUT2D eigenvalue weighted by Crippen LogP contribution is -2.09. The third-order valence-corrected chi connectivity index (χ3v) is 10.2. The van der Waals surface area contributed by atoms with E-state index in [0.717, 1.165) is 5.69 Å². The minimum atomic E-state index is -1.13. The molecule has 5 aromatic carbocycles. The molecule has 9 nitrogen and oxygen atoms in total. The first-order chi connectivity index (χ1) is 28.5. The van der Waals surface area contributed by atoms with Crippen molar-refractivity contribution in [2.45, 2.75) is 46.8 Å². The minimum Gasteiger partial charge on any atom is -0.488 e. The fourth-order valence-electron chi connectivity index (χ4n) is 5.92. The highest BCUT2D eigenvalue weighted by Crippen LogP contribution is 2.37. The van der Waals surface area contributed by atoms with Crippen molar-refractivity contribution in [2.24, 2.45) is 0 Å². The first-order valence-corrected chi connectivity index (χ1v) is 20.4. The van der Waals surface area contributed by atoms with Crippen molar-refractivity contribution in [1.29, 1.82) is 0 Å². The second-order valence-electron chi connectivity index (χ2n) is 13.4. The van der Waals surface area contributed by atoms with Gasteiger partial charge >= 0.3 is 5.97 Å². The molecule has 1 amide bonds. The van der Waals surface area contributed by atoms with Gasteiger partial charge < -0.3 is 29.3 Å². The summed E-state index contributed by atoms with van der Waals surface area (Å²) in [5.74, 6) is -1.76. The summed E-state index contributed by atoms with van der Waals surface area (Å²) < 4.78 is 42.9. The van der Waals surface area contributed by atoms with Crippen LogP contribution in [0.3, 0.4) is 0 Å². The molecule has 0 saturated heterocycles. The quantitative estimate of drug-likeness (QED) is 0.104. The number of benzene rings is 5. The van der Waals surface area contributed by atoms with E-state index in [1.54, 1.807) is 60.7 Å². The molecule has 2 N–H and O–H groups in total. The van der Waals surface area contributed by atoms with Gasteiger partial charge in [0.05, 0.1) is 16.8 Å². The highest BCUT2D eigenvalue weighted by molar-refractivity contribution is 9.10. The molecular weight excluding hydrogens is 949 g/mol. The van der Waals surface area contributed by atoms with Gasteiger partial charge in [0, 0.05) is 72.5 Å². The number of carboxylic acid groups (broad SMARTS) is 1. The predicted molar refractivity (Wildman–Crippen MR) is 235 cm³/mol. The predicted octanol–water partition coefficient (Wildman–Crippen LogP) is 12.6. The fourth-order valence-corrected chi connectivity index (χ4v) is 6.93. The number of ketones is 2. The number of aromatic nitrogens is 1. The van der Waals surface area contributed by atoms with E-state index in [-0.39, 0.29) is 49.1 Å². The zero-order chi connectivity index (χ0) is 43.7. The largest absolute Gasteiger partial charge is 0.488 e. The van der Waals surface area contributed by atoms with Crippen LogP contribution < -0.4 is 14.8 Å². The van der Waals surface area contributed by atoms with Crippen molar-refractivity contribution in [3.05, 3.63) is 162 Å². The lowest BCUT2D eigenvalue weighted by atomic mass is 10.0. The number of carbonyl (C=O) groups excluding carboxylic acids is 3. The summed E-state index contributed by atoms with van der Waals surface area (Å²) in [5, 5.41) is 13.1. The molecule has 0 fully saturated rings. The SMILES string of the molecule is CC(=O)CCC(=O)c1cc(Cl)ccc1OCc1ccc(Br)cc1F.CC(=O)Nc1cc(C(=O)O)cc(-n2c(C)ccc2-c2cc(Cl)ccc2OCc2ccc(Br)cc2F)c1. The maximum Gasteiger partial charge on any atom is 0.335 e. The normalized spacial score (nSPS) is 10.7. The topological polar surface area (TPSA) is 124 Å². The Bertz CT molecular complexity index is 2600. The number of nitrogens with one attached hydrogen (secondary N) is 1. The Morgan fingerprint density at radius 2 is 1.30 bits per heavy atom. The van der Waals surface area contributed by atoms with E-state index in [2.05, 4.69) is 37.2 Å². The molecule has 60 heavy (non-hydrogen) atoms. The van der Waals surface area contributed by atoms with E-state index in [4.69, 9.17) is 32.7 Å². The van der Waals surface area contributed by atoms with Crippen LogP contribution in [0.15, 0.2) is 112 Å². The number of aromatic carboxylic acids is 1. The number of rotatable bonds is 14. The Labute approximate surface area is 371 Å². The molecule has 0 aliphatic heterocycles. The van der Waals surface area contributed by atoms with E-state index in [9.17, 15) is 33.1 Å². The van der Waals surface area contributed by atoms with Crippen LogP contribution in [0.5, 0.6) is 11.5 Å². The number of hydrogen-bond acceptors (Lipinski definition) is 6. The summed E-state index contributed by atoms with van der Waals surface area (Å²) in [6.07, 6.45) is 0.241. The first kappa shape index (κ1) is 45.7. The van der Waals surface area contributed by atoms with Crippen LogP contribution in [0, 0.1) is 18.6 Å². The van der Waals surface area contributed by atoms with Crippen LogP contribution in [0.2, 0.25) is 10.0 Å². The number of aryl methyl sites for hydroxylation is 1. The van der Waals surface area contributed by atoms with Crippen molar-refractivity contribution >= 4 is 84.2 Å². The first-order valence-electron chi connectivity index (χ1n) is 18.1. The molecule has 6 aromatic rings. The molecule has 0 radical (unpaired) electrons. The van der Waals surface area contributed by atoms with Gasteiger partial charge in [0.2, 0.25) is 5.91 Å². The number of carboxylic acids is 1. The van der Waals surface area contributed by atoms with Gasteiger partial charge in [-0.15, -0.1) is 0 Å². The monoisotopic (exact) mass is 982 g/mol. The third-order valence-electron chi connectivity index (χ3n) is 8.78. The van der Waals surface area contributed by atoms with Crippen LogP contribution in [0.4, 0.5) is 14.5 Å². The van der Waals surface area contributed by atoms with Gasteiger partial charge in [0.15, 0.2) is 5.78 Å². The van der Waals surface area contributed by atoms with Gasteiger partial charge in [0.25, 0.3) is 0 Å². The molecule has 0 saturated carbocycles. The number of anilines is 1. The Morgan fingerprint density at radius 1 is 0.717 bits per heavy atom. The van der Waals surface area contributed by atoms with Crippen LogP contribution in [-0.2, 0) is 22.8 Å². The van der Waals surface area contributed by atoms with Gasteiger partial charge in [-0.1, -0.05) is 67.2 Å². The smallest absolute Gasteiger partial charge is 0.335 e. The molecular formula is C45H36Br2Cl2F2N2O7. The molecule has 0 aliphatic rings. The van der Waals surface area contributed by atoms with Gasteiger partial charge in [0.1, 0.15) is 42.1 Å². The van der Waals surface area contributed by atoms with Gasteiger partial charge in [-0.25, -0.2) is 13.6 Å². The lowest BCUT2D eigenvalue weighted by molar-refractivity contribution is -0.117. The molecule has 0 atom stereocenters. The van der Waals surface area contributed by atoms with Crippen LogP contribution in [0.25, 0.3) is 16.9 Å². The minimum absolute atomic E-state index is 0.00534. The standard InChI is InChI=1S/C27H21BrClFN2O4.C18H15BrClFO3/c1-15-3-7-25(32(15)22-10-18(27(34)35)9-21(13-22)31-16(2)33)23-12-20(29)6-8-26(23)36-14-17-4-5-19(28)11-24(17)30;1-11(22)2-6-17(23)15-9-14(20)5-7-18(15)24-10-12-3-4-13(19)8-16(12)21/h3-13H,14H2,1-2H3,(H,31,33)(H,34,35);3-5,7-9H,2,6,10H2,1H3. The van der Waals surface area contributed by atoms with Crippen molar-refractivity contribution in [2.75, 3.05) is 5.32 Å². The fraction of sp³-hybridized carbons (Fsp3) is 0.156. The maximum absolute atomic E-state index is 14.3. The zero-order valence-electron chi connectivity index (χ0n) is 32.3. The third kappa shape index (κ3) is 12.4. The number of nitrogens with zero attached hydrogens (tertiary/aromatic N) is 1. The second-order valence-corrected chi connectivity index (χ2v) is 16.1. The second kappa shape index (κ2) is 20.8. The van der Waals surface area contributed by atoms with Crippen molar-refractivity contribution in [3.8, 4) is 28.4 Å². The Kier molecular flexibility index (Phi) is 15.8. The maximum atomic E-state index is 14.3. The molecule has 1 aromatic heterocycles. The van der Waals surface area contributed by atoms with E-state index in [1.807, 2.05) is 23.6 Å². The summed E-state index contributed by atoms with van der Waals surface area (Å²) >= 11 is 18.7. The molecule has 0 bridgehead atoms. The molecule has 6 rings (SSSR count). The van der Waals surface area contributed by atoms with E-state index in [0.29, 0.717) is 69.8 Å². The average Bonchev–Trinajstić information content (AvgIpc) is 3.57. The van der Waals surface area contributed by atoms with Crippen LogP contribution in [-0.4, -0.2) is 33.1 Å². The van der Waals surface area contributed by atoms with Crippen LogP contribution >= 0.6 is 55.1 Å². The molecule has 0 spiro atoms. The summed E-state index contributed by atoms with van der Waals surface area (Å²) in [4.78, 5) is 46.7. The van der Waals surface area contributed by atoms with Gasteiger partial charge in [-0.05, 0) is 105 Å². The number of Topliss-reactive ketones (excluding diaryl/α,β-unsaturated/α-hetero) is 2. The Hall–Kier alpha value is -5.34. The molecule has 0 aliphatic carbocycles. The zero-order valence-corrected chi connectivity index (χ0v) is 36.9. The lowest BCUT2D eigenvalue weighted by Gasteiger charge is -2.17. The van der Waals surface area contributed by atoms with Crippen molar-refractivity contribution < 1.29 is 42.5 Å². The summed E-state index contributed by atoms with van der Waals surface area (Å²) in [6, 6.07) is 27.5. The highest BCUT2D eigenvalue weighted by Gasteiger charge is 2.19. The number of amides is 1. The van der Waals surface area contributed by atoms with E-state index >= 15 is 0 Å². The van der Waals surface area contributed by atoms with Gasteiger partial charge in [-0.2, -0.15) is 0 Å². The van der Waals surface area contributed by atoms with E-state index in [1.165, 1.54) is 44.2 Å². The number of carbonyl (C=O) groups is 4. The molecule has 0 unspecified atom stereocenters. The van der Waals surface area contributed by atoms with Gasteiger partial charge in [-0.3, -0.25) is 9.59 Å². The molecule has 1 heterocycles. The number of halogens is 6. The summed E-state index contributed by atoms with van der Waals surface area (Å²) in [7, 11) is 0. The Morgan fingerprint density at radius 3 is 1.87 bits per heavy atom. The number of hydrogen-bond donors (Lipinski definition) is 2. The summed E-state index contributed by atoms with van der Waals surface area (Å²) in [6.45, 7) is 4.63. The molecule has 15 heteroatoms. The summed E-state index contributed by atoms with van der Waals surface area (Å²) in [5.41, 5.74) is 4.07. The average molecular weight is 985 g/mol.